The van der Waals surface area contributed by atoms with Gasteiger partial charge in [-0.3, -0.25) is 4.99 Å². The maximum atomic E-state index is 14.1. The van der Waals surface area contributed by atoms with Crippen LogP contribution in [0.2, 0.25) is 0 Å². The molecule has 0 aliphatic carbocycles. The van der Waals surface area contributed by atoms with Crippen LogP contribution >= 0.6 is 0 Å². The monoisotopic (exact) mass is 342 g/mol. The summed E-state index contributed by atoms with van der Waals surface area (Å²) in [6.07, 6.45) is 1.38. The normalized spacial score (nSPS) is 12.3. The molecule has 0 saturated heterocycles. The highest BCUT2D eigenvalue weighted by Crippen LogP contribution is 2.21. The third-order valence-electron chi connectivity index (χ3n) is 3.67. The smallest absolute Gasteiger partial charge is 0.169 e. The highest BCUT2D eigenvalue weighted by molar-refractivity contribution is 5.58. The van der Waals surface area contributed by atoms with Gasteiger partial charge in [0.1, 0.15) is 0 Å². The summed E-state index contributed by atoms with van der Waals surface area (Å²) >= 11 is 0. The molecule has 0 heterocycles. The molecule has 0 radical (unpaired) electrons. The molecule has 2 rings (SSSR count). The zero-order valence-electron chi connectivity index (χ0n) is 14.3. The van der Waals surface area contributed by atoms with Crippen molar-refractivity contribution in [3.8, 4) is 5.75 Å². The first kappa shape index (κ1) is 18.7. The minimum absolute atomic E-state index is 0.171. The van der Waals surface area contributed by atoms with E-state index in [2.05, 4.69) is 11.6 Å². The summed E-state index contributed by atoms with van der Waals surface area (Å²) in [5, 5.41) is 19.1. The Labute approximate surface area is 147 Å². The molecule has 2 aromatic carbocycles. The maximum absolute atomic E-state index is 14.1. The lowest BCUT2D eigenvalue weighted by atomic mass is 10.1. The van der Waals surface area contributed by atoms with Crippen molar-refractivity contribution >= 4 is 6.34 Å². The molecule has 132 valence electrons. The van der Waals surface area contributed by atoms with Crippen LogP contribution in [0.1, 0.15) is 24.5 Å². The zero-order chi connectivity index (χ0) is 18.2. The van der Waals surface area contributed by atoms with E-state index >= 15 is 0 Å². The van der Waals surface area contributed by atoms with Gasteiger partial charge >= 0.3 is 0 Å². The summed E-state index contributed by atoms with van der Waals surface area (Å²) in [5.74, 6) is -1.05. The first-order chi connectivity index (χ1) is 12.0. The number of phenols is 1. The highest BCUT2D eigenvalue weighted by Gasteiger charge is 2.13. The predicted molar refractivity (Wildman–Crippen MR) is 97.7 cm³/mol. The molecule has 0 fully saturated rings. The van der Waals surface area contributed by atoms with Crippen LogP contribution in [0, 0.1) is 5.82 Å². The van der Waals surface area contributed by atoms with Crippen molar-refractivity contribution in [2.24, 2.45) is 4.99 Å². The van der Waals surface area contributed by atoms with E-state index in [1.54, 1.807) is 30.3 Å². The van der Waals surface area contributed by atoms with Gasteiger partial charge < -0.3 is 15.1 Å². The van der Waals surface area contributed by atoms with Crippen molar-refractivity contribution in [1.29, 1.82) is 0 Å². The van der Waals surface area contributed by atoms with Gasteiger partial charge in [-0.25, -0.2) is 4.39 Å². The Kier molecular flexibility index (Phi) is 6.71. The average Bonchev–Trinajstić information content (AvgIpc) is 2.58. The molecule has 2 N–H and O–H groups in total. The highest BCUT2D eigenvalue weighted by atomic mass is 19.1. The molecule has 0 spiro atoms. The number of hydrogen-bond donors (Lipinski definition) is 2. The van der Waals surface area contributed by atoms with Gasteiger partial charge in [0, 0.05) is 17.7 Å². The Hall–Kier alpha value is -2.66. The molecule has 1 unspecified atom stereocenters. The van der Waals surface area contributed by atoms with E-state index in [4.69, 9.17) is 0 Å². The number of nitrogens with zero attached hydrogens (tertiary/aromatic N) is 2. The second-order valence-electron chi connectivity index (χ2n) is 5.94. The topological polar surface area (TPSA) is 56.1 Å². The van der Waals surface area contributed by atoms with Crippen LogP contribution < -0.4 is 0 Å². The Balaban J connectivity index is 2.14. The first-order valence-corrected chi connectivity index (χ1v) is 8.10. The average molecular weight is 342 g/mol. The van der Waals surface area contributed by atoms with Crippen molar-refractivity contribution in [2.45, 2.75) is 32.5 Å². The molecule has 25 heavy (non-hydrogen) atoms. The summed E-state index contributed by atoms with van der Waals surface area (Å²) in [4.78, 5) is 6.08. The molecular formula is C20H23FN2O2. The van der Waals surface area contributed by atoms with Crippen LogP contribution in [0.4, 0.5) is 4.39 Å². The molecule has 0 bridgehead atoms. The molecule has 0 aliphatic rings. The second-order valence-corrected chi connectivity index (χ2v) is 5.94. The van der Waals surface area contributed by atoms with Gasteiger partial charge in [-0.15, -0.1) is 0 Å². The van der Waals surface area contributed by atoms with E-state index in [0.717, 1.165) is 5.56 Å². The molecule has 4 nitrogen and oxygen atoms in total. The molecule has 5 heteroatoms. The van der Waals surface area contributed by atoms with Gasteiger partial charge in [0.05, 0.1) is 25.5 Å². The molecule has 0 amide bonds. The fourth-order valence-corrected chi connectivity index (χ4v) is 2.39. The maximum Gasteiger partial charge on any atom is 0.169 e. The lowest BCUT2D eigenvalue weighted by molar-refractivity contribution is 0.187. The number of halogens is 1. The van der Waals surface area contributed by atoms with Crippen LogP contribution in [0.25, 0.3) is 0 Å². The fourth-order valence-electron chi connectivity index (χ4n) is 2.39. The lowest BCUT2D eigenvalue weighted by Gasteiger charge is -2.23. The minimum Gasteiger partial charge on any atom is -0.505 e. The fraction of sp³-hybridized carbons (Fsp3) is 0.250. The van der Waals surface area contributed by atoms with Crippen molar-refractivity contribution in [1.82, 2.24) is 4.90 Å². The summed E-state index contributed by atoms with van der Waals surface area (Å²) in [5.41, 5.74) is 2.01. The number of aliphatic hydroxyl groups excluding tert-OH is 1. The van der Waals surface area contributed by atoms with Crippen molar-refractivity contribution < 1.29 is 14.6 Å². The molecule has 0 aromatic heterocycles. The largest absolute Gasteiger partial charge is 0.505 e. The Morgan fingerprint density at radius 2 is 1.96 bits per heavy atom. The van der Waals surface area contributed by atoms with Crippen molar-refractivity contribution in [3.05, 3.63) is 77.8 Å². The van der Waals surface area contributed by atoms with E-state index in [9.17, 15) is 14.6 Å². The summed E-state index contributed by atoms with van der Waals surface area (Å²) in [6.45, 7) is 6.28. The Bertz CT molecular complexity index is 730. The summed E-state index contributed by atoms with van der Waals surface area (Å²) < 4.78 is 14.1. The van der Waals surface area contributed by atoms with Crippen LogP contribution in [0.15, 0.2) is 65.8 Å². The van der Waals surface area contributed by atoms with Crippen LogP contribution in [-0.4, -0.2) is 27.6 Å². The number of phenolic OH excluding ortho intramolecular Hbond substituents is 1. The molecule has 0 aliphatic heterocycles. The van der Waals surface area contributed by atoms with Crippen molar-refractivity contribution in [3.63, 3.8) is 0 Å². The second kappa shape index (κ2) is 8.99. The number of aliphatic imine (C=N–C) groups is 1. The standard InChI is InChI=1S/C20H23FN2O2/c1-15(11-16(2)24)23(13-18-9-6-10-19(25)20(18)21)14-22-12-17-7-4-3-5-8-17/h3-10,14,16,24-25H,1,11-13H2,2H3. The quantitative estimate of drug-likeness (QED) is 0.566. The van der Waals surface area contributed by atoms with Crippen LogP contribution in [0.5, 0.6) is 5.75 Å². The minimum atomic E-state index is -0.659. The SMILES string of the molecule is C=C(CC(C)O)N(C=NCc1ccccc1)Cc1cccc(O)c1F. The van der Waals surface area contributed by atoms with Gasteiger partial charge in [0.2, 0.25) is 0 Å². The van der Waals surface area contributed by atoms with Crippen molar-refractivity contribution in [2.75, 3.05) is 0 Å². The number of benzene rings is 2. The van der Waals surface area contributed by atoms with Crippen LogP contribution in [-0.2, 0) is 13.1 Å². The zero-order valence-corrected chi connectivity index (χ0v) is 14.3. The summed E-state index contributed by atoms with van der Waals surface area (Å²) in [6, 6.07) is 14.3. The molecule has 1 atom stereocenters. The van der Waals surface area contributed by atoms with E-state index in [1.165, 1.54) is 6.07 Å². The number of aromatic hydroxyl groups is 1. The van der Waals surface area contributed by atoms with E-state index in [-0.39, 0.29) is 12.3 Å². The van der Waals surface area contributed by atoms with Gasteiger partial charge in [-0.05, 0) is 18.6 Å². The van der Waals surface area contributed by atoms with Gasteiger partial charge in [-0.1, -0.05) is 49.0 Å². The molecular weight excluding hydrogens is 319 g/mol. The van der Waals surface area contributed by atoms with E-state index < -0.39 is 11.9 Å². The predicted octanol–water partition coefficient (Wildman–Crippen LogP) is 3.85. The molecule has 2 aromatic rings. The summed E-state index contributed by atoms with van der Waals surface area (Å²) in [7, 11) is 0. The molecule has 0 saturated carbocycles. The Morgan fingerprint density at radius 3 is 2.64 bits per heavy atom. The number of rotatable bonds is 8. The van der Waals surface area contributed by atoms with Gasteiger partial charge in [0.15, 0.2) is 11.6 Å². The van der Waals surface area contributed by atoms with Gasteiger partial charge in [-0.2, -0.15) is 0 Å². The van der Waals surface area contributed by atoms with E-state index in [0.29, 0.717) is 24.2 Å². The third kappa shape index (κ3) is 5.72. The Morgan fingerprint density at radius 1 is 1.24 bits per heavy atom. The van der Waals surface area contributed by atoms with Crippen LogP contribution in [0.3, 0.4) is 0 Å². The number of aliphatic hydroxyl groups is 1. The first-order valence-electron chi connectivity index (χ1n) is 8.10. The number of hydrogen-bond acceptors (Lipinski definition) is 3. The van der Waals surface area contributed by atoms with Gasteiger partial charge in [0.25, 0.3) is 0 Å². The lowest BCUT2D eigenvalue weighted by Crippen LogP contribution is -2.23. The van der Waals surface area contributed by atoms with E-state index in [1.807, 2.05) is 30.3 Å². The third-order valence-corrected chi connectivity index (χ3v) is 3.67.